The minimum atomic E-state index is -1.04. The average molecular weight is 428 g/mol. The van der Waals surface area contributed by atoms with E-state index in [9.17, 15) is 14.4 Å². The number of nitrogens with zero attached hydrogens (tertiary/aromatic N) is 2. The molecule has 28 heavy (non-hydrogen) atoms. The van der Waals surface area contributed by atoms with Crippen molar-refractivity contribution in [3.63, 3.8) is 0 Å². The summed E-state index contributed by atoms with van der Waals surface area (Å²) in [7, 11) is 0. The topological polar surface area (TPSA) is 79.0 Å². The molecule has 0 aliphatic carbocycles. The smallest absolute Gasteiger partial charge is 0.410 e. The summed E-state index contributed by atoms with van der Waals surface area (Å²) in [6.45, 7) is 6.20. The molecule has 0 aromatic heterocycles. The normalized spacial score (nSPS) is 23.0. The lowest BCUT2D eigenvalue weighted by Gasteiger charge is -2.27. The van der Waals surface area contributed by atoms with Gasteiger partial charge in [0.05, 0.1) is 15.7 Å². The first-order valence-corrected chi connectivity index (χ1v) is 9.88. The zero-order valence-electron chi connectivity index (χ0n) is 16.1. The summed E-state index contributed by atoms with van der Waals surface area (Å²) in [5, 5.41) is 3.44. The van der Waals surface area contributed by atoms with Gasteiger partial charge in [-0.15, -0.1) is 0 Å². The summed E-state index contributed by atoms with van der Waals surface area (Å²) in [5.74, 6) is -0.345. The fraction of sp³-hybridized carbons (Fsp3) is 0.526. The van der Waals surface area contributed by atoms with Crippen molar-refractivity contribution >= 4 is 46.9 Å². The first kappa shape index (κ1) is 20.7. The van der Waals surface area contributed by atoms with Gasteiger partial charge in [-0.3, -0.25) is 4.79 Å². The van der Waals surface area contributed by atoms with Gasteiger partial charge in [-0.25, -0.2) is 14.5 Å². The van der Waals surface area contributed by atoms with E-state index in [0.29, 0.717) is 43.1 Å². The van der Waals surface area contributed by atoms with Crippen molar-refractivity contribution in [3.8, 4) is 0 Å². The maximum atomic E-state index is 13.2. The molecule has 0 saturated carbocycles. The molecule has 1 atom stereocenters. The number of carbonyl (C=O) groups is 3. The molecule has 2 heterocycles. The number of benzene rings is 1. The molecule has 2 aliphatic rings. The van der Waals surface area contributed by atoms with Crippen molar-refractivity contribution in [2.75, 3.05) is 18.0 Å². The van der Waals surface area contributed by atoms with Crippen LogP contribution in [0.3, 0.4) is 0 Å². The van der Waals surface area contributed by atoms with Crippen LogP contribution in [0, 0.1) is 0 Å². The average Bonchev–Trinajstić information content (AvgIpc) is 2.73. The number of anilines is 1. The Morgan fingerprint density at radius 1 is 1.14 bits per heavy atom. The van der Waals surface area contributed by atoms with Gasteiger partial charge < -0.3 is 15.0 Å². The van der Waals surface area contributed by atoms with Gasteiger partial charge in [0.15, 0.2) is 0 Å². The van der Waals surface area contributed by atoms with Gasteiger partial charge in [-0.1, -0.05) is 23.2 Å². The highest BCUT2D eigenvalue weighted by molar-refractivity contribution is 6.42. The number of nitrogens with one attached hydrogen (secondary N) is 1. The molecule has 0 radical (unpaired) electrons. The molecule has 1 N–H and O–H groups in total. The third-order valence-corrected chi connectivity index (χ3v) is 5.55. The van der Waals surface area contributed by atoms with E-state index in [-0.39, 0.29) is 10.9 Å². The maximum absolute atomic E-state index is 13.2. The van der Waals surface area contributed by atoms with Gasteiger partial charge in [0.25, 0.3) is 5.91 Å². The minimum absolute atomic E-state index is 0.262. The molecule has 2 aliphatic heterocycles. The Morgan fingerprint density at radius 2 is 1.86 bits per heavy atom. The Bertz CT molecular complexity index is 824. The number of likely N-dealkylation sites (tertiary alicyclic amines) is 1. The number of halogens is 2. The number of hydrogen-bond acceptors (Lipinski definition) is 4. The molecule has 3 rings (SSSR count). The summed E-state index contributed by atoms with van der Waals surface area (Å²) in [6.07, 6.45) is 0.909. The molecule has 9 heteroatoms. The highest BCUT2D eigenvalue weighted by atomic mass is 35.5. The van der Waals surface area contributed by atoms with Crippen molar-refractivity contribution in [3.05, 3.63) is 28.2 Å². The van der Waals surface area contributed by atoms with Gasteiger partial charge in [-0.2, -0.15) is 0 Å². The lowest BCUT2D eigenvalue weighted by Crippen LogP contribution is -2.48. The number of urea groups is 1. The molecule has 152 valence electrons. The molecule has 2 fully saturated rings. The maximum Gasteiger partial charge on any atom is 0.410 e. The third-order valence-electron chi connectivity index (χ3n) is 4.81. The molecule has 2 saturated heterocycles. The number of imide groups is 1. The van der Waals surface area contributed by atoms with Crippen LogP contribution in [0.2, 0.25) is 10.0 Å². The molecule has 1 spiro atoms. The predicted octanol–water partition coefficient (Wildman–Crippen LogP) is 4.21. The predicted molar refractivity (Wildman–Crippen MR) is 107 cm³/mol. The van der Waals surface area contributed by atoms with Crippen molar-refractivity contribution in [1.82, 2.24) is 10.2 Å². The van der Waals surface area contributed by atoms with E-state index >= 15 is 0 Å². The zero-order valence-corrected chi connectivity index (χ0v) is 17.6. The zero-order chi connectivity index (χ0) is 20.7. The van der Waals surface area contributed by atoms with Gasteiger partial charge in [-0.05, 0) is 58.2 Å². The van der Waals surface area contributed by atoms with E-state index in [1.807, 2.05) is 0 Å². The molecule has 0 bridgehead atoms. The van der Waals surface area contributed by atoms with Crippen LogP contribution in [0.5, 0.6) is 0 Å². The Balaban J connectivity index is 1.78. The van der Waals surface area contributed by atoms with Crippen LogP contribution in [0.15, 0.2) is 18.2 Å². The molecular formula is C19H23Cl2N3O4. The van der Waals surface area contributed by atoms with Crippen LogP contribution in [0.1, 0.15) is 40.0 Å². The minimum Gasteiger partial charge on any atom is -0.444 e. The molecule has 1 aromatic rings. The number of rotatable bonds is 1. The monoisotopic (exact) mass is 427 g/mol. The number of amides is 4. The first-order chi connectivity index (χ1) is 13.0. The highest BCUT2D eigenvalue weighted by Gasteiger charge is 2.52. The van der Waals surface area contributed by atoms with Crippen LogP contribution >= 0.6 is 23.2 Å². The summed E-state index contributed by atoms with van der Waals surface area (Å²) in [6, 6.07) is 4.11. The van der Waals surface area contributed by atoms with Crippen LogP contribution in [0.4, 0.5) is 15.3 Å². The van der Waals surface area contributed by atoms with Crippen LogP contribution in [0.25, 0.3) is 0 Å². The summed E-state index contributed by atoms with van der Waals surface area (Å²) in [5.41, 5.74) is -1.27. The summed E-state index contributed by atoms with van der Waals surface area (Å²) < 4.78 is 5.42. The number of carbonyl (C=O) groups excluding carboxylic acids is 3. The van der Waals surface area contributed by atoms with Crippen LogP contribution < -0.4 is 10.2 Å². The largest absolute Gasteiger partial charge is 0.444 e. The second kappa shape index (κ2) is 7.44. The van der Waals surface area contributed by atoms with E-state index in [0.717, 1.165) is 4.90 Å². The van der Waals surface area contributed by atoms with Crippen molar-refractivity contribution in [1.29, 1.82) is 0 Å². The second-order valence-electron chi connectivity index (χ2n) is 8.07. The molecule has 7 nitrogen and oxygen atoms in total. The van der Waals surface area contributed by atoms with E-state index in [2.05, 4.69) is 5.32 Å². The van der Waals surface area contributed by atoms with E-state index in [1.165, 1.54) is 6.07 Å². The standard InChI is InChI=1S/C19H23Cl2N3O4/c1-18(2,3)28-17(27)23-9-4-7-19(8-10-23)15(25)24(16(26)22-19)12-5-6-13(20)14(21)11-12/h5-6,11H,4,7-10H2,1-3H3,(H,22,26)/t19-/m0/s1. The highest BCUT2D eigenvalue weighted by Crippen LogP contribution is 2.35. The van der Waals surface area contributed by atoms with Crippen molar-refractivity contribution in [2.24, 2.45) is 0 Å². The van der Waals surface area contributed by atoms with E-state index < -0.39 is 23.3 Å². The molecular weight excluding hydrogens is 405 g/mol. The fourth-order valence-electron chi connectivity index (χ4n) is 3.46. The first-order valence-electron chi connectivity index (χ1n) is 9.12. The fourth-order valence-corrected chi connectivity index (χ4v) is 3.75. The number of ether oxygens (including phenoxy) is 1. The quantitative estimate of drug-likeness (QED) is 0.680. The second-order valence-corrected chi connectivity index (χ2v) is 8.89. The SMILES string of the molecule is CC(C)(C)OC(=O)N1CCC[C@@]2(CC1)NC(=O)N(c1ccc(Cl)c(Cl)c1)C2=O. The van der Waals surface area contributed by atoms with Gasteiger partial charge >= 0.3 is 12.1 Å². The summed E-state index contributed by atoms with van der Waals surface area (Å²) >= 11 is 12.0. The Labute approximate surface area is 173 Å². The van der Waals surface area contributed by atoms with Crippen LogP contribution in [-0.2, 0) is 9.53 Å². The Kier molecular flexibility index (Phi) is 5.51. The molecule has 4 amide bonds. The van der Waals surface area contributed by atoms with E-state index in [1.54, 1.807) is 37.8 Å². The summed E-state index contributed by atoms with van der Waals surface area (Å²) in [4.78, 5) is 40.8. The van der Waals surface area contributed by atoms with Gasteiger partial charge in [0.1, 0.15) is 11.1 Å². The van der Waals surface area contributed by atoms with Gasteiger partial charge in [0, 0.05) is 13.1 Å². The molecule has 0 unspecified atom stereocenters. The van der Waals surface area contributed by atoms with Crippen LogP contribution in [-0.4, -0.2) is 47.2 Å². The van der Waals surface area contributed by atoms with Gasteiger partial charge in [0.2, 0.25) is 0 Å². The lowest BCUT2D eigenvalue weighted by molar-refractivity contribution is -0.122. The Morgan fingerprint density at radius 3 is 2.50 bits per heavy atom. The van der Waals surface area contributed by atoms with E-state index in [4.69, 9.17) is 27.9 Å². The van der Waals surface area contributed by atoms with Crippen molar-refractivity contribution < 1.29 is 19.1 Å². The molecule has 1 aromatic carbocycles. The third kappa shape index (κ3) is 4.05. The van der Waals surface area contributed by atoms with Crippen molar-refractivity contribution in [2.45, 2.75) is 51.2 Å². The Hall–Kier alpha value is -1.99. The lowest BCUT2D eigenvalue weighted by atomic mass is 9.90. The number of hydrogen-bond donors (Lipinski definition) is 1.